The van der Waals surface area contributed by atoms with Crippen LogP contribution in [0.15, 0.2) is 60.7 Å². The van der Waals surface area contributed by atoms with E-state index in [2.05, 4.69) is 4.90 Å². The summed E-state index contributed by atoms with van der Waals surface area (Å²) in [4.78, 5) is 17.2. The van der Waals surface area contributed by atoms with Crippen molar-refractivity contribution < 1.29 is 9.90 Å². The Morgan fingerprint density at radius 2 is 1.50 bits per heavy atom. The van der Waals surface area contributed by atoms with Crippen LogP contribution in [0.3, 0.4) is 0 Å². The van der Waals surface area contributed by atoms with Crippen LogP contribution in [0.2, 0.25) is 0 Å². The number of hydrogen-bond donors (Lipinski definition) is 1. The van der Waals surface area contributed by atoms with Gasteiger partial charge in [-0.05, 0) is 25.0 Å². The zero-order valence-electron chi connectivity index (χ0n) is 15.6. The van der Waals surface area contributed by atoms with Crippen molar-refractivity contribution in [3.63, 3.8) is 0 Å². The minimum atomic E-state index is -0.521. The largest absolute Gasteiger partial charge is 0.387 e. The molecule has 2 aromatic rings. The second-order valence-electron chi connectivity index (χ2n) is 7.51. The van der Waals surface area contributed by atoms with Gasteiger partial charge in [0.25, 0.3) is 0 Å². The normalized spacial score (nSPS) is 17.1. The Kier molecular flexibility index (Phi) is 5.74. The predicted molar refractivity (Wildman–Crippen MR) is 104 cm³/mol. The Labute approximate surface area is 156 Å². The number of aliphatic hydroxyl groups excluding tert-OH is 1. The summed E-state index contributed by atoms with van der Waals surface area (Å²) < 4.78 is 0. The molecule has 1 aliphatic rings. The fourth-order valence-corrected chi connectivity index (χ4v) is 3.53. The van der Waals surface area contributed by atoms with E-state index in [0.717, 1.165) is 24.2 Å². The molecule has 4 heteroatoms. The lowest BCUT2D eigenvalue weighted by molar-refractivity contribution is -0.138. The quantitative estimate of drug-likeness (QED) is 0.900. The maximum atomic E-state index is 13.0. The third-order valence-corrected chi connectivity index (χ3v) is 5.31. The molecule has 1 N–H and O–H groups in total. The first-order valence-corrected chi connectivity index (χ1v) is 9.29. The van der Waals surface area contributed by atoms with Gasteiger partial charge in [0.15, 0.2) is 0 Å². The van der Waals surface area contributed by atoms with Gasteiger partial charge in [-0.2, -0.15) is 0 Å². The molecular formula is C22H28N2O2. The SMILES string of the molecule is CC(C)(C(=O)N1CCN(C[C@H](O)c2ccccc2)CC1)c1ccccc1. The standard InChI is InChI=1S/C22H28N2O2/c1-22(2,19-11-7-4-8-12-19)21(26)24-15-13-23(14-16-24)17-20(25)18-9-5-3-6-10-18/h3-12,20,25H,13-17H2,1-2H3/t20-/m0/s1. The minimum absolute atomic E-state index is 0.173. The topological polar surface area (TPSA) is 43.8 Å². The maximum Gasteiger partial charge on any atom is 0.232 e. The van der Waals surface area contributed by atoms with Crippen LogP contribution in [-0.4, -0.2) is 53.5 Å². The van der Waals surface area contributed by atoms with Crippen LogP contribution < -0.4 is 0 Å². The first-order valence-electron chi connectivity index (χ1n) is 9.29. The number of nitrogens with zero attached hydrogens (tertiary/aromatic N) is 2. The summed E-state index contributed by atoms with van der Waals surface area (Å²) in [6.45, 7) is 7.59. The Morgan fingerprint density at radius 3 is 2.08 bits per heavy atom. The van der Waals surface area contributed by atoms with Crippen LogP contribution in [0, 0.1) is 0 Å². The van der Waals surface area contributed by atoms with Gasteiger partial charge < -0.3 is 10.0 Å². The molecule has 0 bridgehead atoms. The van der Waals surface area contributed by atoms with E-state index < -0.39 is 11.5 Å². The molecule has 138 valence electrons. The molecule has 1 aliphatic heterocycles. The van der Waals surface area contributed by atoms with Crippen LogP contribution in [0.1, 0.15) is 31.1 Å². The molecule has 1 amide bonds. The average Bonchev–Trinajstić information content (AvgIpc) is 2.69. The first-order chi connectivity index (χ1) is 12.5. The first kappa shape index (κ1) is 18.6. The summed E-state index contributed by atoms with van der Waals surface area (Å²) in [5, 5.41) is 10.4. The lowest BCUT2D eigenvalue weighted by atomic mass is 9.83. The molecule has 1 fully saturated rings. The minimum Gasteiger partial charge on any atom is -0.387 e. The van der Waals surface area contributed by atoms with E-state index in [1.54, 1.807) is 0 Å². The average molecular weight is 352 g/mol. The van der Waals surface area contributed by atoms with Crippen molar-refractivity contribution >= 4 is 5.91 Å². The Hall–Kier alpha value is -2.17. The van der Waals surface area contributed by atoms with E-state index in [9.17, 15) is 9.90 Å². The molecule has 0 radical (unpaired) electrons. The van der Waals surface area contributed by atoms with Crippen LogP contribution >= 0.6 is 0 Å². The molecule has 1 saturated heterocycles. The highest BCUT2D eigenvalue weighted by Crippen LogP contribution is 2.26. The lowest BCUT2D eigenvalue weighted by Gasteiger charge is -2.39. The van der Waals surface area contributed by atoms with Crippen molar-refractivity contribution in [1.29, 1.82) is 0 Å². The van der Waals surface area contributed by atoms with E-state index >= 15 is 0 Å². The van der Waals surface area contributed by atoms with Crippen molar-refractivity contribution in [3.05, 3.63) is 71.8 Å². The molecule has 1 atom stereocenters. The summed E-state index contributed by atoms with van der Waals surface area (Å²) >= 11 is 0. The van der Waals surface area contributed by atoms with Gasteiger partial charge in [-0.1, -0.05) is 60.7 Å². The number of amides is 1. The molecular weight excluding hydrogens is 324 g/mol. The molecule has 0 aliphatic carbocycles. The zero-order chi connectivity index (χ0) is 18.6. The fraction of sp³-hybridized carbons (Fsp3) is 0.409. The fourth-order valence-electron chi connectivity index (χ4n) is 3.53. The van der Waals surface area contributed by atoms with E-state index in [1.807, 2.05) is 79.4 Å². The number of carbonyl (C=O) groups is 1. The molecule has 4 nitrogen and oxygen atoms in total. The van der Waals surface area contributed by atoms with Crippen molar-refractivity contribution in [3.8, 4) is 0 Å². The van der Waals surface area contributed by atoms with Gasteiger partial charge in [0.1, 0.15) is 0 Å². The van der Waals surface area contributed by atoms with Crippen LogP contribution in [0.25, 0.3) is 0 Å². The van der Waals surface area contributed by atoms with E-state index in [0.29, 0.717) is 19.6 Å². The Balaban J connectivity index is 1.56. The Bertz CT molecular complexity index is 707. The molecule has 2 aromatic carbocycles. The molecule has 0 saturated carbocycles. The molecule has 0 spiro atoms. The van der Waals surface area contributed by atoms with Crippen LogP contribution in [0.5, 0.6) is 0 Å². The highest BCUT2D eigenvalue weighted by Gasteiger charge is 2.35. The maximum absolute atomic E-state index is 13.0. The number of hydrogen-bond acceptors (Lipinski definition) is 3. The van der Waals surface area contributed by atoms with Gasteiger partial charge in [-0.25, -0.2) is 0 Å². The number of rotatable bonds is 5. The molecule has 0 aromatic heterocycles. The molecule has 26 heavy (non-hydrogen) atoms. The third kappa shape index (κ3) is 4.14. The zero-order valence-corrected chi connectivity index (χ0v) is 15.6. The second-order valence-corrected chi connectivity index (χ2v) is 7.51. The van der Waals surface area contributed by atoms with Crippen LogP contribution in [-0.2, 0) is 10.2 Å². The number of benzene rings is 2. The van der Waals surface area contributed by atoms with E-state index in [4.69, 9.17) is 0 Å². The predicted octanol–water partition coefficient (Wildman–Crippen LogP) is 2.84. The van der Waals surface area contributed by atoms with Gasteiger partial charge in [-0.15, -0.1) is 0 Å². The van der Waals surface area contributed by atoms with Gasteiger partial charge in [-0.3, -0.25) is 9.69 Å². The van der Waals surface area contributed by atoms with Crippen molar-refractivity contribution in [2.24, 2.45) is 0 Å². The summed E-state index contributed by atoms with van der Waals surface area (Å²) in [6, 6.07) is 19.7. The summed E-state index contributed by atoms with van der Waals surface area (Å²) in [6.07, 6.45) is -0.487. The number of piperazine rings is 1. The smallest absolute Gasteiger partial charge is 0.232 e. The molecule has 3 rings (SSSR count). The van der Waals surface area contributed by atoms with Crippen molar-refractivity contribution in [2.75, 3.05) is 32.7 Å². The number of aliphatic hydroxyl groups is 1. The Morgan fingerprint density at radius 1 is 0.962 bits per heavy atom. The van der Waals surface area contributed by atoms with Crippen LogP contribution in [0.4, 0.5) is 0 Å². The van der Waals surface area contributed by atoms with Gasteiger partial charge in [0.05, 0.1) is 11.5 Å². The van der Waals surface area contributed by atoms with Gasteiger partial charge in [0, 0.05) is 32.7 Å². The molecule has 1 heterocycles. The molecule has 0 unspecified atom stereocenters. The third-order valence-electron chi connectivity index (χ3n) is 5.31. The monoisotopic (exact) mass is 352 g/mol. The lowest BCUT2D eigenvalue weighted by Crippen LogP contribution is -2.53. The van der Waals surface area contributed by atoms with Gasteiger partial charge in [0.2, 0.25) is 5.91 Å². The summed E-state index contributed by atoms with van der Waals surface area (Å²) in [5.41, 5.74) is 1.47. The summed E-state index contributed by atoms with van der Waals surface area (Å²) in [5.74, 6) is 0.173. The highest BCUT2D eigenvalue weighted by molar-refractivity contribution is 5.87. The van der Waals surface area contributed by atoms with Crippen molar-refractivity contribution in [2.45, 2.75) is 25.4 Å². The van der Waals surface area contributed by atoms with Gasteiger partial charge >= 0.3 is 0 Å². The number of β-amino-alcohol motifs (C(OH)–C–C–N with tert-alkyl or cyclic N) is 1. The number of carbonyl (C=O) groups excluding carboxylic acids is 1. The van der Waals surface area contributed by atoms with E-state index in [-0.39, 0.29) is 5.91 Å². The van der Waals surface area contributed by atoms with E-state index in [1.165, 1.54) is 0 Å². The van der Waals surface area contributed by atoms with Crippen molar-refractivity contribution in [1.82, 2.24) is 9.80 Å². The summed E-state index contributed by atoms with van der Waals surface area (Å²) in [7, 11) is 0. The highest BCUT2D eigenvalue weighted by atomic mass is 16.3. The second kappa shape index (κ2) is 8.02.